The summed E-state index contributed by atoms with van der Waals surface area (Å²) in [7, 11) is -7.79. The van der Waals surface area contributed by atoms with E-state index in [-0.39, 0.29) is 21.6 Å². The van der Waals surface area contributed by atoms with Crippen molar-refractivity contribution < 1.29 is 31.1 Å². The van der Waals surface area contributed by atoms with E-state index in [4.69, 9.17) is 20.3 Å². The molecule has 4 heterocycles. The van der Waals surface area contributed by atoms with Gasteiger partial charge in [0.15, 0.2) is 9.79 Å². The molecule has 2 aliphatic heterocycles. The number of nitrogen functional groups attached to an aromatic ring is 1. The highest BCUT2D eigenvalue weighted by atomic mass is 32.2. The zero-order valence-corrected chi connectivity index (χ0v) is 31.6. The number of urea groups is 1. The molecule has 15 nitrogen and oxygen atoms in total. The van der Waals surface area contributed by atoms with Crippen molar-refractivity contribution in [1.29, 1.82) is 0 Å². The quantitative estimate of drug-likeness (QED) is 0.170. The van der Waals surface area contributed by atoms with Gasteiger partial charge in [0.25, 0.3) is 10.0 Å². The van der Waals surface area contributed by atoms with E-state index in [1.165, 1.54) is 95.4 Å². The number of anilines is 2. The first-order valence-electron chi connectivity index (χ1n) is 18.7. The molecular weight excluding hydrogens is 733 g/mol. The number of carbonyl (C=O) groups is 1. The van der Waals surface area contributed by atoms with Crippen LogP contribution in [-0.4, -0.2) is 55.6 Å². The van der Waals surface area contributed by atoms with Crippen LogP contribution < -0.4 is 30.4 Å². The molecule has 10 rings (SSSR count). The molecule has 2 aromatic carbocycles. The van der Waals surface area contributed by atoms with Crippen molar-refractivity contribution in [2.24, 2.45) is 5.14 Å². The lowest BCUT2D eigenvalue weighted by Crippen LogP contribution is -2.34. The van der Waals surface area contributed by atoms with Crippen LogP contribution in [0.25, 0.3) is 0 Å². The van der Waals surface area contributed by atoms with Crippen LogP contribution in [0.2, 0.25) is 0 Å². The third-order valence-electron chi connectivity index (χ3n) is 10.3. The predicted molar refractivity (Wildman–Crippen MR) is 201 cm³/mol. The van der Waals surface area contributed by atoms with Crippen molar-refractivity contribution in [2.75, 3.05) is 24.3 Å². The molecule has 17 heteroatoms. The van der Waals surface area contributed by atoms with Crippen molar-refractivity contribution in [1.82, 2.24) is 24.3 Å². The number of ether oxygens (including phenoxy) is 2. The fourth-order valence-electron chi connectivity index (χ4n) is 6.86. The first-order valence-corrected chi connectivity index (χ1v) is 21.7. The minimum atomic E-state index is -4.08. The summed E-state index contributed by atoms with van der Waals surface area (Å²) in [5, 5.41) is 15.5. The van der Waals surface area contributed by atoms with Gasteiger partial charge < -0.3 is 20.5 Å². The molecule has 6 N–H and O–H groups in total. The summed E-state index contributed by atoms with van der Waals surface area (Å²) in [5.41, 5.74) is 12.9. The second-order valence-electron chi connectivity index (χ2n) is 15.0. The third-order valence-corrected chi connectivity index (χ3v) is 12.5. The minimum absolute atomic E-state index is 0.0350. The van der Waals surface area contributed by atoms with E-state index in [0.29, 0.717) is 43.8 Å². The number of amides is 2. The number of benzene rings is 2. The van der Waals surface area contributed by atoms with Crippen LogP contribution in [0.3, 0.4) is 0 Å². The summed E-state index contributed by atoms with van der Waals surface area (Å²) >= 11 is 0. The Kier molecular flexibility index (Phi) is 9.81. The largest absolute Gasteiger partial charge is 0.477 e. The maximum Gasteiger partial charge on any atom is 0.333 e. The van der Waals surface area contributed by atoms with Crippen molar-refractivity contribution in [2.45, 2.75) is 111 Å². The predicted octanol–water partition coefficient (Wildman–Crippen LogP) is 5.27. The summed E-state index contributed by atoms with van der Waals surface area (Å²) in [4.78, 5) is 12.3. The second-order valence-corrected chi connectivity index (χ2v) is 18.2. The van der Waals surface area contributed by atoms with Gasteiger partial charge in [0, 0.05) is 37.3 Å². The average Bonchev–Trinajstić information content (AvgIpc) is 3.92. The topological polar surface area (TPSA) is 216 Å². The van der Waals surface area contributed by atoms with Crippen molar-refractivity contribution in [3.63, 3.8) is 0 Å². The Labute approximate surface area is 314 Å². The van der Waals surface area contributed by atoms with E-state index in [2.05, 4.69) is 44.5 Å². The van der Waals surface area contributed by atoms with Crippen LogP contribution in [-0.2, 0) is 33.1 Å². The highest BCUT2D eigenvalue weighted by molar-refractivity contribution is 7.90. The van der Waals surface area contributed by atoms with Gasteiger partial charge in [0.2, 0.25) is 21.8 Å². The van der Waals surface area contributed by atoms with Crippen LogP contribution in [0, 0.1) is 0 Å². The lowest BCUT2D eigenvalue weighted by Gasteiger charge is -2.16. The highest BCUT2D eigenvalue weighted by Gasteiger charge is 2.31. The summed E-state index contributed by atoms with van der Waals surface area (Å²) < 4.78 is 62.9. The molecule has 0 spiro atoms. The number of primary sulfonamides is 1. The summed E-state index contributed by atoms with van der Waals surface area (Å²) in [6, 6.07) is 12.0. The van der Waals surface area contributed by atoms with Gasteiger partial charge in [-0.2, -0.15) is 10.2 Å². The number of nitrogens with one attached hydrogen (secondary N) is 2. The molecular formula is C37H46N8O7S2. The Bertz CT molecular complexity index is 2210. The number of fused-ring (bicyclic) bond motifs is 2. The van der Waals surface area contributed by atoms with E-state index < -0.39 is 26.1 Å². The zero-order valence-electron chi connectivity index (χ0n) is 29.9. The minimum Gasteiger partial charge on any atom is -0.477 e. The Hall–Kier alpha value is -4.61. The number of rotatable bonds is 8. The summed E-state index contributed by atoms with van der Waals surface area (Å²) in [6.45, 7) is 2.20. The van der Waals surface area contributed by atoms with Crippen LogP contribution in [0.4, 0.5) is 16.2 Å². The zero-order chi connectivity index (χ0) is 37.6. The number of aryl methyl sites for hydroxylation is 2. The fraction of sp³-hybridized carbons (Fsp3) is 0.486. The molecule has 54 heavy (non-hydrogen) atoms. The lowest BCUT2D eigenvalue weighted by molar-refractivity contribution is 0.224. The molecule has 6 aliphatic rings. The number of aromatic nitrogens is 4. The van der Waals surface area contributed by atoms with Crippen molar-refractivity contribution >= 4 is 37.5 Å². The number of hydrogen-bond donors (Lipinski definition) is 4. The SMILES string of the molecule is NS(=O)(=O)c1cnn2c1OCCC2.Nc1cc(C2CC2)cc(C2CC2)c1.O=C(Nc1cc(C2CC2)cc(C2CC2)c1)NS(=O)(=O)c1cnn2c1OCCC2. The van der Waals surface area contributed by atoms with E-state index >= 15 is 0 Å². The molecule has 288 valence electrons. The van der Waals surface area contributed by atoms with E-state index in [1.54, 1.807) is 0 Å². The standard InChI is InChI=1S/C19H22N4O4S.C12H15N.C6H9N3O3S/c24-19(22-28(25,26)17-11-20-23-6-1-7-27-18(17)23)21-16-9-14(12-2-3-12)8-15(10-16)13-4-5-13;13-12-6-10(8-1-2-8)5-11(7-12)9-3-4-9;7-13(10,11)5-4-8-9-2-1-3-12-6(5)9/h8-13H,1-7H2,(H2,21,22,24);5-9H,1-4,13H2;4H,1-3H2,(H2,7,10,11). The molecule has 4 saturated carbocycles. The summed E-state index contributed by atoms with van der Waals surface area (Å²) in [6.07, 6.45) is 14.2. The van der Waals surface area contributed by atoms with Gasteiger partial charge in [-0.15, -0.1) is 0 Å². The first-order chi connectivity index (χ1) is 25.9. The van der Waals surface area contributed by atoms with E-state index in [0.717, 1.165) is 30.4 Å². The number of nitrogens with two attached hydrogens (primary N) is 2. The monoisotopic (exact) mass is 778 g/mol. The average molecular weight is 779 g/mol. The molecule has 4 fully saturated rings. The number of hydrogen-bond acceptors (Lipinski definition) is 10. The van der Waals surface area contributed by atoms with Gasteiger partial charge in [0.1, 0.15) is 0 Å². The van der Waals surface area contributed by atoms with Crippen LogP contribution in [0.5, 0.6) is 11.8 Å². The van der Waals surface area contributed by atoms with Gasteiger partial charge >= 0.3 is 6.03 Å². The molecule has 2 amide bonds. The Morgan fingerprint density at radius 3 is 1.54 bits per heavy atom. The smallest absolute Gasteiger partial charge is 0.333 e. The van der Waals surface area contributed by atoms with E-state index in [9.17, 15) is 21.6 Å². The van der Waals surface area contributed by atoms with Gasteiger partial charge in [-0.3, -0.25) is 0 Å². The van der Waals surface area contributed by atoms with Crippen LogP contribution in [0.1, 0.15) is 110 Å². The maximum absolute atomic E-state index is 12.6. The van der Waals surface area contributed by atoms with Gasteiger partial charge in [0.05, 0.1) is 25.6 Å². The Balaban J connectivity index is 0.000000131. The molecule has 0 saturated heterocycles. The van der Waals surface area contributed by atoms with Gasteiger partial charge in [-0.05, 0) is 122 Å². The molecule has 0 atom stereocenters. The Morgan fingerprint density at radius 2 is 1.09 bits per heavy atom. The number of nitrogens with zero attached hydrogens (tertiary/aromatic N) is 4. The lowest BCUT2D eigenvalue weighted by atomic mass is 10.0. The molecule has 0 unspecified atom stereocenters. The maximum atomic E-state index is 12.6. The third kappa shape index (κ3) is 8.68. The normalized spacial score (nSPS) is 19.0. The Morgan fingerprint density at radius 1 is 0.667 bits per heavy atom. The van der Waals surface area contributed by atoms with Gasteiger partial charge in [-0.1, -0.05) is 12.1 Å². The number of sulfonamides is 2. The van der Waals surface area contributed by atoms with Crippen LogP contribution >= 0.6 is 0 Å². The molecule has 2 aromatic heterocycles. The first kappa shape index (κ1) is 36.4. The van der Waals surface area contributed by atoms with Crippen molar-refractivity contribution in [3.05, 3.63) is 71.0 Å². The molecule has 0 radical (unpaired) electrons. The molecule has 4 aromatic rings. The van der Waals surface area contributed by atoms with Crippen molar-refractivity contribution in [3.8, 4) is 11.8 Å². The molecule has 4 aliphatic carbocycles. The number of carbonyl (C=O) groups excluding carboxylic acids is 1. The highest BCUT2D eigenvalue weighted by Crippen LogP contribution is 2.47. The van der Waals surface area contributed by atoms with Crippen LogP contribution in [0.15, 0.2) is 58.6 Å². The van der Waals surface area contributed by atoms with Gasteiger partial charge in [-0.25, -0.2) is 40.9 Å². The molecule has 0 bridgehead atoms. The van der Waals surface area contributed by atoms with E-state index in [1.807, 2.05) is 12.1 Å². The fourth-order valence-corrected chi connectivity index (χ4v) is 8.45. The second kappa shape index (κ2) is 14.6. The summed E-state index contributed by atoms with van der Waals surface area (Å²) in [5.74, 6) is 3.22.